The summed E-state index contributed by atoms with van der Waals surface area (Å²) in [6.07, 6.45) is -25.1. The van der Waals surface area contributed by atoms with Crippen molar-refractivity contribution in [2.45, 2.75) is 94.6 Å². The number of ether oxygens (including phenoxy) is 7. The van der Waals surface area contributed by atoms with Gasteiger partial charge in [0, 0.05) is 34.1 Å². The van der Waals surface area contributed by atoms with Crippen LogP contribution >= 0.6 is 0 Å². The standard InChI is InChI=1S/C21H27F8NO13S/c1-9(31)38-8-13-14(39-10(2)32)15(40-11(3)33)16(41-12(4)34)17(42-13)37-7-5-6-18(22,23)19(24,25)43-20(26,27)21(28,29)44(30,35)36/h13-17H,5-8H2,1-4H3,(H2,30,35,36)/t13?,14-,15-,16?,17-/m1/s1. The number of esters is 4. The number of carbonyl (C=O) groups excluding carboxylic acids is 4. The Hall–Kier alpha value is -2.89. The van der Waals surface area contributed by atoms with Crippen LogP contribution in [0.15, 0.2) is 0 Å². The molecule has 0 radical (unpaired) electrons. The Balaban J connectivity index is 3.18. The SMILES string of the molecule is CC(=O)OCC1O[C@@H](OCCCC(F)(F)C(F)(F)OC(F)(F)C(F)(F)S(N)(=O)=O)C(OC(C)=O)[C@H](OC(C)=O)[C@@H]1OC(C)=O. The number of halogens is 8. The molecule has 14 nitrogen and oxygen atoms in total. The molecule has 23 heteroatoms. The second-order valence-corrected chi connectivity index (χ2v) is 10.5. The Morgan fingerprint density at radius 3 is 1.68 bits per heavy atom. The van der Waals surface area contributed by atoms with Gasteiger partial charge in [0.15, 0.2) is 24.6 Å². The highest BCUT2D eigenvalue weighted by molar-refractivity contribution is 7.90. The number of nitrogens with two attached hydrogens (primary N) is 1. The third-order valence-corrected chi connectivity index (χ3v) is 6.20. The van der Waals surface area contributed by atoms with Gasteiger partial charge in [-0.2, -0.15) is 35.1 Å². The highest BCUT2D eigenvalue weighted by Crippen LogP contribution is 2.47. The quantitative estimate of drug-likeness (QED) is 0.113. The van der Waals surface area contributed by atoms with Gasteiger partial charge in [0.1, 0.15) is 12.7 Å². The monoisotopic (exact) mass is 685 g/mol. The molecule has 1 saturated heterocycles. The summed E-state index contributed by atoms with van der Waals surface area (Å²) in [6.45, 7) is 1.84. The summed E-state index contributed by atoms with van der Waals surface area (Å²) in [5.74, 6) is -9.64. The van der Waals surface area contributed by atoms with Crippen molar-refractivity contribution in [1.82, 2.24) is 0 Å². The van der Waals surface area contributed by atoms with Crippen molar-refractivity contribution >= 4 is 33.9 Å². The fraction of sp³-hybridized carbons (Fsp3) is 0.810. The van der Waals surface area contributed by atoms with Crippen LogP contribution in [0.4, 0.5) is 35.1 Å². The Morgan fingerprint density at radius 1 is 0.750 bits per heavy atom. The lowest BCUT2D eigenvalue weighted by atomic mass is 9.98. The molecule has 5 atom stereocenters. The smallest absolute Gasteiger partial charge is 0.448 e. The van der Waals surface area contributed by atoms with Gasteiger partial charge in [0.05, 0.1) is 6.61 Å². The van der Waals surface area contributed by atoms with E-state index >= 15 is 0 Å². The predicted molar refractivity (Wildman–Crippen MR) is 121 cm³/mol. The van der Waals surface area contributed by atoms with Gasteiger partial charge in [-0.1, -0.05) is 0 Å². The van der Waals surface area contributed by atoms with E-state index in [1.54, 1.807) is 0 Å². The molecule has 2 N–H and O–H groups in total. The molecule has 1 fully saturated rings. The average Bonchev–Trinajstić information content (AvgIpc) is 2.81. The third-order valence-electron chi connectivity index (χ3n) is 5.24. The average molecular weight is 685 g/mol. The molecule has 0 aromatic rings. The highest BCUT2D eigenvalue weighted by atomic mass is 32.2. The second kappa shape index (κ2) is 14.5. The van der Waals surface area contributed by atoms with Gasteiger partial charge >= 0.3 is 47.3 Å². The molecule has 1 aliphatic heterocycles. The van der Waals surface area contributed by atoms with E-state index in [0.29, 0.717) is 0 Å². The number of sulfonamides is 1. The summed E-state index contributed by atoms with van der Waals surface area (Å²) < 4.78 is 163. The van der Waals surface area contributed by atoms with E-state index in [4.69, 9.17) is 28.4 Å². The molecule has 0 amide bonds. The zero-order chi connectivity index (χ0) is 34.5. The first kappa shape index (κ1) is 39.1. The minimum atomic E-state index is -6.71. The molecule has 0 aliphatic carbocycles. The van der Waals surface area contributed by atoms with Gasteiger partial charge in [-0.05, 0) is 6.42 Å². The molecule has 0 bridgehead atoms. The van der Waals surface area contributed by atoms with Crippen LogP contribution in [0.25, 0.3) is 0 Å². The maximum absolute atomic E-state index is 14.1. The zero-order valence-corrected chi connectivity index (χ0v) is 23.8. The summed E-state index contributed by atoms with van der Waals surface area (Å²) >= 11 is 0. The van der Waals surface area contributed by atoms with E-state index in [2.05, 4.69) is 9.88 Å². The second-order valence-electron chi connectivity index (χ2n) is 8.94. The first-order chi connectivity index (χ1) is 19.8. The normalized spacial score (nSPS) is 23.4. The predicted octanol–water partition coefficient (Wildman–Crippen LogP) is 1.59. The van der Waals surface area contributed by atoms with Gasteiger partial charge in [-0.3, -0.25) is 19.2 Å². The van der Waals surface area contributed by atoms with E-state index in [-0.39, 0.29) is 0 Å². The van der Waals surface area contributed by atoms with E-state index in [1.807, 2.05) is 0 Å². The van der Waals surface area contributed by atoms with Crippen molar-refractivity contribution in [3.8, 4) is 0 Å². The molecule has 1 heterocycles. The third kappa shape index (κ3) is 10.1. The summed E-state index contributed by atoms with van der Waals surface area (Å²) in [5, 5.41) is -2.69. The number of primary sulfonamides is 1. The molecule has 2 unspecified atom stereocenters. The van der Waals surface area contributed by atoms with Crippen LogP contribution in [0.3, 0.4) is 0 Å². The highest BCUT2D eigenvalue weighted by Gasteiger charge is 2.73. The maximum atomic E-state index is 14.1. The minimum absolute atomic E-state index is 0.712. The van der Waals surface area contributed by atoms with Crippen LogP contribution in [0, 0.1) is 0 Å². The molecule has 0 aromatic carbocycles. The topological polar surface area (TPSA) is 193 Å². The fourth-order valence-electron chi connectivity index (χ4n) is 3.42. The molecular formula is C21H27F8NO13S. The van der Waals surface area contributed by atoms with Crippen LogP contribution < -0.4 is 5.14 Å². The van der Waals surface area contributed by atoms with Crippen LogP contribution in [0.2, 0.25) is 0 Å². The number of carbonyl (C=O) groups is 4. The lowest BCUT2D eigenvalue weighted by molar-refractivity contribution is -0.456. The van der Waals surface area contributed by atoms with E-state index < -0.39 is 114 Å². The maximum Gasteiger partial charge on any atom is 0.448 e. The number of rotatable bonds is 15. The Bertz CT molecular complexity index is 1170. The molecule has 0 spiro atoms. The summed E-state index contributed by atoms with van der Waals surface area (Å²) in [7, 11) is -6.60. The summed E-state index contributed by atoms with van der Waals surface area (Å²) in [4.78, 5) is 46.5. The lowest BCUT2D eigenvalue weighted by Gasteiger charge is -2.44. The minimum Gasteiger partial charge on any atom is -0.463 e. The van der Waals surface area contributed by atoms with Crippen LogP contribution in [-0.4, -0.2) is 99.6 Å². The van der Waals surface area contributed by atoms with Crippen molar-refractivity contribution in [2.24, 2.45) is 5.14 Å². The largest absolute Gasteiger partial charge is 0.463 e. The molecule has 1 rings (SSSR count). The van der Waals surface area contributed by atoms with Crippen molar-refractivity contribution in [3.63, 3.8) is 0 Å². The molecule has 0 aromatic heterocycles. The molecule has 0 saturated carbocycles. The Kier molecular flexibility index (Phi) is 12.9. The van der Waals surface area contributed by atoms with Crippen molar-refractivity contribution < 1.29 is 95.9 Å². The van der Waals surface area contributed by atoms with Gasteiger partial charge in [0.2, 0.25) is 0 Å². The first-order valence-corrected chi connectivity index (χ1v) is 13.5. The van der Waals surface area contributed by atoms with Crippen LogP contribution in [-0.2, 0) is 62.4 Å². The van der Waals surface area contributed by atoms with E-state index in [1.165, 1.54) is 0 Å². The molecule has 1 aliphatic rings. The Labute approximate surface area is 243 Å². The molecule has 256 valence electrons. The van der Waals surface area contributed by atoms with Crippen LogP contribution in [0.1, 0.15) is 40.5 Å². The number of hydrogen-bond donors (Lipinski definition) is 1. The van der Waals surface area contributed by atoms with Crippen molar-refractivity contribution in [2.75, 3.05) is 13.2 Å². The van der Waals surface area contributed by atoms with Gasteiger partial charge in [-0.25, -0.2) is 18.3 Å². The summed E-state index contributed by atoms with van der Waals surface area (Å²) in [6, 6.07) is 0. The fourth-order valence-corrected chi connectivity index (χ4v) is 3.80. The van der Waals surface area contributed by atoms with Gasteiger partial charge in [-0.15, -0.1) is 0 Å². The summed E-state index contributed by atoms with van der Waals surface area (Å²) in [5.41, 5.74) is 0. The van der Waals surface area contributed by atoms with Crippen LogP contribution in [0.5, 0.6) is 0 Å². The van der Waals surface area contributed by atoms with Crippen molar-refractivity contribution in [1.29, 1.82) is 0 Å². The molecule has 44 heavy (non-hydrogen) atoms. The number of alkyl halides is 8. The Morgan fingerprint density at radius 2 is 1.23 bits per heavy atom. The van der Waals surface area contributed by atoms with Crippen molar-refractivity contribution in [3.05, 3.63) is 0 Å². The zero-order valence-electron chi connectivity index (χ0n) is 23.0. The van der Waals surface area contributed by atoms with Gasteiger partial charge < -0.3 is 28.4 Å². The van der Waals surface area contributed by atoms with E-state index in [9.17, 15) is 62.7 Å². The molecular weight excluding hydrogens is 658 g/mol. The van der Waals surface area contributed by atoms with E-state index in [0.717, 1.165) is 27.7 Å². The van der Waals surface area contributed by atoms with Gasteiger partial charge in [0.25, 0.3) is 10.0 Å². The number of hydrogen-bond acceptors (Lipinski definition) is 13. The lowest BCUT2D eigenvalue weighted by Crippen LogP contribution is -2.63. The first-order valence-electron chi connectivity index (χ1n) is 11.9.